The maximum absolute atomic E-state index is 12.1. The molecule has 0 atom stereocenters. The van der Waals surface area contributed by atoms with Gasteiger partial charge in [-0.15, -0.1) is 0 Å². The minimum absolute atomic E-state index is 0.0370. The van der Waals surface area contributed by atoms with Crippen LogP contribution in [0.2, 0.25) is 5.15 Å². The van der Waals surface area contributed by atoms with Gasteiger partial charge in [0.2, 0.25) is 10.0 Å². The number of hydrogen-bond donors (Lipinski definition) is 2. The molecule has 2 N–H and O–H groups in total. The molecule has 1 saturated carbocycles. The van der Waals surface area contributed by atoms with Crippen molar-refractivity contribution in [3.63, 3.8) is 0 Å². The third kappa shape index (κ3) is 4.15. The highest BCUT2D eigenvalue weighted by Gasteiger charge is 2.30. The van der Waals surface area contributed by atoms with Gasteiger partial charge in [0.1, 0.15) is 5.15 Å². The molecule has 5 nitrogen and oxygen atoms in total. The van der Waals surface area contributed by atoms with Crippen LogP contribution >= 0.6 is 11.6 Å². The predicted molar refractivity (Wildman–Crippen MR) is 77.1 cm³/mol. The summed E-state index contributed by atoms with van der Waals surface area (Å²) in [7, 11) is -3.67. The third-order valence-electron chi connectivity index (χ3n) is 3.63. The number of halogens is 1. The van der Waals surface area contributed by atoms with E-state index in [2.05, 4.69) is 9.71 Å². The summed E-state index contributed by atoms with van der Waals surface area (Å²) in [6.45, 7) is 0.0370. The van der Waals surface area contributed by atoms with E-state index in [1.807, 2.05) is 0 Å². The number of nitrogens with one attached hydrogen (secondary N) is 1. The van der Waals surface area contributed by atoms with Crippen LogP contribution in [0.1, 0.15) is 38.5 Å². The van der Waals surface area contributed by atoms with Crippen LogP contribution in [0.4, 0.5) is 0 Å². The number of aliphatic hydroxyl groups is 1. The minimum Gasteiger partial charge on any atom is -0.389 e. The third-order valence-corrected chi connectivity index (χ3v) is 5.24. The van der Waals surface area contributed by atoms with Gasteiger partial charge in [-0.2, -0.15) is 0 Å². The topological polar surface area (TPSA) is 79.3 Å². The summed E-state index contributed by atoms with van der Waals surface area (Å²) < 4.78 is 26.8. The smallest absolute Gasteiger partial charge is 0.240 e. The number of hydrogen-bond acceptors (Lipinski definition) is 4. The summed E-state index contributed by atoms with van der Waals surface area (Å²) in [6, 6.07) is 2.67. The summed E-state index contributed by atoms with van der Waals surface area (Å²) in [5.41, 5.74) is -0.944. The van der Waals surface area contributed by atoms with Crippen LogP contribution in [-0.2, 0) is 10.0 Å². The fourth-order valence-electron chi connectivity index (χ4n) is 2.43. The Labute approximate surface area is 124 Å². The molecule has 1 aliphatic rings. The molecule has 0 unspecified atom stereocenters. The van der Waals surface area contributed by atoms with Crippen molar-refractivity contribution in [3.05, 3.63) is 23.5 Å². The molecule has 0 aliphatic heterocycles. The lowest BCUT2D eigenvalue weighted by Crippen LogP contribution is -2.42. The van der Waals surface area contributed by atoms with Crippen LogP contribution in [0.3, 0.4) is 0 Å². The lowest BCUT2D eigenvalue weighted by molar-refractivity contribution is 0.0303. The van der Waals surface area contributed by atoms with E-state index >= 15 is 0 Å². The van der Waals surface area contributed by atoms with Crippen molar-refractivity contribution in [3.8, 4) is 0 Å². The Bertz CT molecular complexity index is 554. The van der Waals surface area contributed by atoms with Crippen molar-refractivity contribution in [2.45, 2.75) is 49.0 Å². The summed E-state index contributed by atoms with van der Waals surface area (Å²) in [6.07, 6.45) is 6.65. The highest BCUT2D eigenvalue weighted by atomic mass is 35.5. The van der Waals surface area contributed by atoms with Crippen molar-refractivity contribution in [1.82, 2.24) is 9.71 Å². The van der Waals surface area contributed by atoms with E-state index < -0.39 is 15.6 Å². The average Bonchev–Trinajstić information content (AvgIpc) is 2.62. The molecule has 1 aromatic rings. The van der Waals surface area contributed by atoms with Crippen molar-refractivity contribution < 1.29 is 13.5 Å². The van der Waals surface area contributed by atoms with Crippen LogP contribution in [-0.4, -0.2) is 30.7 Å². The first-order valence-electron chi connectivity index (χ1n) is 6.75. The fraction of sp³-hybridized carbons (Fsp3) is 0.615. The van der Waals surface area contributed by atoms with E-state index in [0.29, 0.717) is 12.8 Å². The lowest BCUT2D eigenvalue weighted by Gasteiger charge is -2.26. The molecule has 0 bridgehead atoms. The molecule has 0 amide bonds. The summed E-state index contributed by atoms with van der Waals surface area (Å²) in [5, 5.41) is 10.6. The van der Waals surface area contributed by atoms with Crippen LogP contribution in [0, 0.1) is 0 Å². The molecule has 1 aromatic heterocycles. The summed E-state index contributed by atoms with van der Waals surface area (Å²) in [5.74, 6) is 0. The molecular weight excluding hydrogens is 300 g/mol. The Kier molecular flexibility index (Phi) is 5.01. The number of aromatic nitrogens is 1. The molecule has 2 rings (SSSR count). The molecule has 1 heterocycles. The highest BCUT2D eigenvalue weighted by molar-refractivity contribution is 7.89. The predicted octanol–water partition coefficient (Wildman–Crippen LogP) is 2.10. The second kappa shape index (κ2) is 6.39. The highest BCUT2D eigenvalue weighted by Crippen LogP contribution is 2.26. The Balaban J connectivity index is 2.05. The number of pyridine rings is 1. The Morgan fingerprint density at radius 2 is 1.95 bits per heavy atom. The molecule has 112 valence electrons. The van der Waals surface area contributed by atoms with Crippen molar-refractivity contribution in [2.24, 2.45) is 0 Å². The van der Waals surface area contributed by atoms with E-state index in [-0.39, 0.29) is 16.6 Å². The van der Waals surface area contributed by atoms with Gasteiger partial charge in [0.15, 0.2) is 0 Å². The van der Waals surface area contributed by atoms with Crippen molar-refractivity contribution >= 4 is 21.6 Å². The van der Waals surface area contributed by atoms with E-state index in [1.165, 1.54) is 18.3 Å². The average molecular weight is 319 g/mol. The molecule has 0 saturated heterocycles. The first-order valence-corrected chi connectivity index (χ1v) is 8.61. The maximum Gasteiger partial charge on any atom is 0.240 e. The number of nitrogens with zero attached hydrogens (tertiary/aromatic N) is 1. The molecule has 20 heavy (non-hydrogen) atoms. The SMILES string of the molecule is O=S(=O)(NCC1(O)CCCCCC1)c1ccnc(Cl)c1. The fourth-order valence-corrected chi connectivity index (χ4v) is 3.80. The van der Waals surface area contributed by atoms with Gasteiger partial charge >= 0.3 is 0 Å². The van der Waals surface area contributed by atoms with Gasteiger partial charge in [-0.1, -0.05) is 37.3 Å². The zero-order valence-corrected chi connectivity index (χ0v) is 12.8. The zero-order valence-electron chi connectivity index (χ0n) is 11.2. The largest absolute Gasteiger partial charge is 0.389 e. The van der Waals surface area contributed by atoms with Crippen LogP contribution in [0.25, 0.3) is 0 Å². The monoisotopic (exact) mass is 318 g/mol. The first kappa shape index (κ1) is 15.7. The Morgan fingerprint density at radius 1 is 1.30 bits per heavy atom. The van der Waals surface area contributed by atoms with E-state index in [9.17, 15) is 13.5 Å². The van der Waals surface area contributed by atoms with Crippen LogP contribution < -0.4 is 4.72 Å². The molecular formula is C13H19ClN2O3S. The number of rotatable bonds is 4. The van der Waals surface area contributed by atoms with E-state index in [0.717, 1.165) is 25.7 Å². The molecule has 1 fully saturated rings. The summed E-state index contributed by atoms with van der Waals surface area (Å²) >= 11 is 5.70. The number of sulfonamides is 1. The molecule has 0 radical (unpaired) electrons. The minimum atomic E-state index is -3.67. The van der Waals surface area contributed by atoms with Gasteiger partial charge in [0.25, 0.3) is 0 Å². The zero-order chi connectivity index (χ0) is 14.6. The summed E-state index contributed by atoms with van der Waals surface area (Å²) in [4.78, 5) is 3.82. The van der Waals surface area contributed by atoms with Gasteiger partial charge in [-0.3, -0.25) is 0 Å². The quantitative estimate of drug-likeness (QED) is 0.658. The lowest BCUT2D eigenvalue weighted by atomic mass is 9.95. The molecule has 1 aliphatic carbocycles. The standard InChI is InChI=1S/C13H19ClN2O3S/c14-12-9-11(5-8-15-12)20(18,19)16-10-13(17)6-3-1-2-4-7-13/h5,8-9,16-17H,1-4,6-7,10H2. The first-order chi connectivity index (χ1) is 9.41. The molecule has 0 spiro atoms. The van der Waals surface area contributed by atoms with Crippen LogP contribution in [0.15, 0.2) is 23.2 Å². The molecule has 7 heteroatoms. The Hall–Kier alpha value is -0.690. The van der Waals surface area contributed by atoms with Gasteiger partial charge in [0, 0.05) is 12.7 Å². The van der Waals surface area contributed by atoms with E-state index in [4.69, 9.17) is 11.6 Å². The van der Waals surface area contributed by atoms with Gasteiger partial charge in [-0.05, 0) is 25.0 Å². The van der Waals surface area contributed by atoms with Crippen molar-refractivity contribution in [2.75, 3.05) is 6.54 Å². The second-order valence-corrected chi connectivity index (χ2v) is 7.43. The second-order valence-electron chi connectivity index (χ2n) is 5.28. The maximum atomic E-state index is 12.1. The van der Waals surface area contributed by atoms with Gasteiger partial charge in [-0.25, -0.2) is 18.1 Å². The molecule has 0 aromatic carbocycles. The van der Waals surface area contributed by atoms with Crippen molar-refractivity contribution in [1.29, 1.82) is 0 Å². The van der Waals surface area contributed by atoms with Gasteiger partial charge in [0.05, 0.1) is 10.5 Å². The van der Waals surface area contributed by atoms with Crippen LogP contribution in [0.5, 0.6) is 0 Å². The normalized spacial score (nSPS) is 19.5. The Morgan fingerprint density at radius 3 is 2.55 bits per heavy atom. The van der Waals surface area contributed by atoms with E-state index in [1.54, 1.807) is 0 Å². The van der Waals surface area contributed by atoms with Gasteiger partial charge < -0.3 is 5.11 Å².